The van der Waals surface area contributed by atoms with Crippen molar-refractivity contribution in [2.75, 3.05) is 5.43 Å². The van der Waals surface area contributed by atoms with Gasteiger partial charge in [0.05, 0.1) is 22.8 Å². The second-order valence-electron chi connectivity index (χ2n) is 6.77. The van der Waals surface area contributed by atoms with E-state index in [0.29, 0.717) is 16.9 Å². The Bertz CT molecular complexity index is 1330. The first-order valence-corrected chi connectivity index (χ1v) is 9.46. The molecule has 0 aliphatic carbocycles. The Morgan fingerprint density at radius 1 is 1.09 bits per heavy atom. The summed E-state index contributed by atoms with van der Waals surface area (Å²) in [6, 6.07) is 10.0. The third-order valence-electron chi connectivity index (χ3n) is 4.38. The molecule has 2 N–H and O–H groups in total. The van der Waals surface area contributed by atoms with Crippen molar-refractivity contribution in [2.24, 2.45) is 0 Å². The van der Waals surface area contributed by atoms with Gasteiger partial charge in [-0.1, -0.05) is 12.1 Å². The molecule has 0 fully saturated rings. The second-order valence-corrected chi connectivity index (χ2v) is 6.77. The smallest absolute Gasteiger partial charge is 0.280 e. The number of aromatic nitrogens is 5. The molecule has 1 amide bonds. The number of nitrogens with zero attached hydrogens (tertiary/aromatic N) is 5. The average molecular weight is 457 g/mol. The Labute approximate surface area is 184 Å². The van der Waals surface area contributed by atoms with Crippen molar-refractivity contribution in [1.29, 1.82) is 0 Å². The average Bonchev–Trinajstić information content (AvgIpc) is 3.29. The number of alkyl halides is 4. The van der Waals surface area contributed by atoms with Crippen molar-refractivity contribution in [3.05, 3.63) is 72.2 Å². The molecule has 4 rings (SSSR count). The summed E-state index contributed by atoms with van der Waals surface area (Å²) in [7, 11) is 0. The summed E-state index contributed by atoms with van der Waals surface area (Å²) in [5.41, 5.74) is 5.24. The largest absolute Gasteiger partial charge is 0.416 e. The van der Waals surface area contributed by atoms with E-state index in [0.717, 1.165) is 22.9 Å². The number of anilines is 1. The van der Waals surface area contributed by atoms with Crippen LogP contribution in [0.4, 0.5) is 23.4 Å². The third-order valence-corrected chi connectivity index (χ3v) is 4.38. The molecule has 0 aliphatic heterocycles. The molecule has 33 heavy (non-hydrogen) atoms. The van der Waals surface area contributed by atoms with Crippen LogP contribution in [0.25, 0.3) is 28.6 Å². The molecule has 0 saturated carbocycles. The van der Waals surface area contributed by atoms with E-state index in [2.05, 4.69) is 30.9 Å². The zero-order valence-electron chi connectivity index (χ0n) is 16.7. The van der Waals surface area contributed by atoms with Crippen molar-refractivity contribution in [3.63, 3.8) is 0 Å². The van der Waals surface area contributed by atoms with Gasteiger partial charge >= 0.3 is 6.18 Å². The molecule has 2 aromatic carbocycles. The topological polar surface area (TPSA) is 97.6 Å². The molecule has 0 radical (unpaired) electrons. The van der Waals surface area contributed by atoms with Crippen molar-refractivity contribution in [3.8, 4) is 11.4 Å². The van der Waals surface area contributed by atoms with E-state index in [9.17, 15) is 22.4 Å². The number of rotatable bonds is 6. The van der Waals surface area contributed by atoms with E-state index in [-0.39, 0.29) is 17.0 Å². The predicted octanol–water partition coefficient (Wildman–Crippen LogP) is 3.99. The Kier molecular flexibility index (Phi) is 5.98. The van der Waals surface area contributed by atoms with Crippen molar-refractivity contribution >= 4 is 29.0 Å². The number of benzene rings is 2. The van der Waals surface area contributed by atoms with Gasteiger partial charge in [-0.15, -0.1) is 5.10 Å². The fourth-order valence-corrected chi connectivity index (χ4v) is 2.87. The van der Waals surface area contributed by atoms with Gasteiger partial charge in [0.2, 0.25) is 0 Å². The lowest BCUT2D eigenvalue weighted by molar-refractivity contribution is -0.137. The Hall–Kier alpha value is -4.35. The minimum absolute atomic E-state index is 0.00521. The van der Waals surface area contributed by atoms with Crippen LogP contribution in [0.3, 0.4) is 0 Å². The number of carbonyl (C=O) groups excluding carboxylic acids is 1. The molecule has 4 aromatic rings. The maximum Gasteiger partial charge on any atom is 0.416 e. The quantitative estimate of drug-likeness (QED) is 0.258. The number of amides is 1. The van der Waals surface area contributed by atoms with Gasteiger partial charge in [0.25, 0.3) is 5.91 Å². The first-order chi connectivity index (χ1) is 15.8. The summed E-state index contributed by atoms with van der Waals surface area (Å²) in [4.78, 5) is 24.5. The molecule has 168 valence electrons. The number of hydrazine groups is 1. The summed E-state index contributed by atoms with van der Waals surface area (Å²) >= 11 is 0. The van der Waals surface area contributed by atoms with Crippen LogP contribution in [0.15, 0.2) is 61.1 Å². The molecular weight excluding hydrogens is 442 g/mol. The molecule has 0 unspecified atom stereocenters. The van der Waals surface area contributed by atoms with Gasteiger partial charge in [0.15, 0.2) is 11.6 Å². The molecule has 0 spiro atoms. The van der Waals surface area contributed by atoms with Crippen LogP contribution in [0.2, 0.25) is 0 Å². The molecule has 0 aliphatic rings. The van der Waals surface area contributed by atoms with Crippen LogP contribution >= 0.6 is 0 Å². The number of carbonyl (C=O) groups is 1. The zero-order valence-corrected chi connectivity index (χ0v) is 16.7. The number of fused-ring (bicyclic) bond motifs is 1. The van der Waals surface area contributed by atoms with E-state index in [1.54, 1.807) is 12.1 Å². The molecule has 0 atom stereocenters. The highest BCUT2D eigenvalue weighted by atomic mass is 19.4. The van der Waals surface area contributed by atoms with Gasteiger partial charge in [-0.05, 0) is 35.9 Å². The Morgan fingerprint density at radius 3 is 2.64 bits per heavy atom. The van der Waals surface area contributed by atoms with Crippen LogP contribution in [0.5, 0.6) is 0 Å². The molecule has 0 saturated heterocycles. The maximum atomic E-state index is 13.0. The lowest BCUT2D eigenvalue weighted by Gasteiger charge is -2.09. The molecule has 2 heterocycles. The van der Waals surface area contributed by atoms with Gasteiger partial charge in [0, 0.05) is 17.8 Å². The Balaban J connectivity index is 1.42. The number of halogens is 4. The van der Waals surface area contributed by atoms with E-state index in [1.807, 2.05) is 12.1 Å². The highest BCUT2D eigenvalue weighted by molar-refractivity contribution is 5.90. The summed E-state index contributed by atoms with van der Waals surface area (Å²) in [6.07, 6.45) is 0.402. The van der Waals surface area contributed by atoms with Crippen LogP contribution < -0.4 is 10.9 Å². The van der Waals surface area contributed by atoms with Crippen LogP contribution in [0.1, 0.15) is 11.1 Å². The van der Waals surface area contributed by atoms with Gasteiger partial charge < -0.3 is 0 Å². The monoisotopic (exact) mass is 457 g/mol. The van der Waals surface area contributed by atoms with Crippen molar-refractivity contribution in [1.82, 2.24) is 30.2 Å². The number of hydrogen-bond donors (Lipinski definition) is 2. The highest BCUT2D eigenvalue weighted by Gasteiger charge is 2.31. The van der Waals surface area contributed by atoms with Crippen molar-refractivity contribution in [2.45, 2.75) is 12.9 Å². The first kappa shape index (κ1) is 21.9. The number of hydrogen-bond acceptors (Lipinski definition) is 6. The molecule has 2 aromatic heterocycles. The number of nitrogens with one attached hydrogen (secondary N) is 2. The van der Waals surface area contributed by atoms with Gasteiger partial charge in [0.1, 0.15) is 13.0 Å². The maximum absolute atomic E-state index is 13.0. The van der Waals surface area contributed by atoms with Gasteiger partial charge in [-0.3, -0.25) is 20.6 Å². The summed E-state index contributed by atoms with van der Waals surface area (Å²) in [5.74, 6) is -0.280. The fourth-order valence-electron chi connectivity index (χ4n) is 2.87. The van der Waals surface area contributed by atoms with Crippen LogP contribution in [0, 0.1) is 0 Å². The van der Waals surface area contributed by atoms with E-state index in [1.165, 1.54) is 24.8 Å². The van der Waals surface area contributed by atoms with E-state index < -0.39 is 24.3 Å². The van der Waals surface area contributed by atoms with Crippen LogP contribution in [-0.4, -0.2) is 30.6 Å². The fraction of sp³-hybridized carbons (Fsp3) is 0.0952. The Morgan fingerprint density at radius 2 is 1.88 bits per heavy atom. The zero-order chi connectivity index (χ0) is 23.4. The lowest BCUT2D eigenvalue weighted by Crippen LogP contribution is -2.28. The second kappa shape index (κ2) is 9.02. The minimum Gasteiger partial charge on any atom is -0.280 e. The van der Waals surface area contributed by atoms with E-state index >= 15 is 0 Å². The molecular formula is C21H15F4N7O. The molecule has 12 heteroatoms. The molecule has 0 bridgehead atoms. The van der Waals surface area contributed by atoms with Crippen molar-refractivity contribution < 1.29 is 22.4 Å². The summed E-state index contributed by atoms with van der Waals surface area (Å²) in [5, 5.41) is 4.01. The van der Waals surface area contributed by atoms with Crippen LogP contribution in [-0.2, 0) is 17.6 Å². The normalized spacial score (nSPS) is 11.8. The lowest BCUT2D eigenvalue weighted by atomic mass is 10.1. The van der Waals surface area contributed by atoms with Gasteiger partial charge in [-0.2, -0.15) is 13.2 Å². The summed E-state index contributed by atoms with van der Waals surface area (Å²) < 4.78 is 53.3. The minimum atomic E-state index is -4.64. The first-order valence-electron chi connectivity index (χ1n) is 9.46. The number of para-hydroxylation sites is 2. The third kappa shape index (κ3) is 5.29. The van der Waals surface area contributed by atoms with Gasteiger partial charge in [-0.25, -0.2) is 19.0 Å². The molecule has 8 nitrogen and oxygen atoms in total. The standard InChI is InChI=1S/C21H15F4N7O/c22-10-13-7-14(9-15(8-13)21(23,24)25)20-27-12-32(31-20)6-5-19(33)30-29-18-11-26-16-3-1-2-4-17(16)28-18/h1-9,11-12H,10H2,(H,28,29)(H,30,33)/b6-5-. The summed E-state index contributed by atoms with van der Waals surface area (Å²) in [6.45, 7) is -1.06. The predicted molar refractivity (Wildman–Crippen MR) is 112 cm³/mol. The highest BCUT2D eigenvalue weighted by Crippen LogP contribution is 2.33. The SMILES string of the molecule is O=C(/C=C\n1cnc(-c2cc(CF)cc(C(F)(F)F)c2)n1)NNc1cnc2ccccc2n1. The van der Waals surface area contributed by atoms with E-state index in [4.69, 9.17) is 0 Å².